The Kier molecular flexibility index (Phi) is 6.60. The summed E-state index contributed by atoms with van der Waals surface area (Å²) >= 11 is 1.24. The van der Waals surface area contributed by atoms with Crippen molar-refractivity contribution in [1.29, 1.82) is 0 Å². The highest BCUT2D eigenvalue weighted by atomic mass is 32.2. The van der Waals surface area contributed by atoms with E-state index in [1.807, 2.05) is 44.2 Å². The lowest BCUT2D eigenvalue weighted by atomic mass is 10.1. The molecule has 1 amide bonds. The number of hydrogen-bond donors (Lipinski definition) is 0. The van der Waals surface area contributed by atoms with Crippen LogP contribution in [-0.2, 0) is 11.3 Å². The SMILES string of the molecule is Cc1cccc(-n2c(SCC(=O)N(C)Cc3ccc(F)cc3)nc3ccccc3c2=O)c1C. The van der Waals surface area contributed by atoms with Crippen molar-refractivity contribution in [3.8, 4) is 5.69 Å². The summed E-state index contributed by atoms with van der Waals surface area (Å²) in [4.78, 5) is 32.6. The molecule has 0 aliphatic heterocycles. The van der Waals surface area contributed by atoms with Gasteiger partial charge in [0.2, 0.25) is 5.91 Å². The van der Waals surface area contributed by atoms with Crippen molar-refractivity contribution in [2.24, 2.45) is 0 Å². The van der Waals surface area contributed by atoms with Crippen LogP contribution in [0.3, 0.4) is 0 Å². The number of carbonyl (C=O) groups is 1. The van der Waals surface area contributed by atoms with Crippen LogP contribution in [0.2, 0.25) is 0 Å². The van der Waals surface area contributed by atoms with Crippen molar-refractivity contribution in [2.75, 3.05) is 12.8 Å². The molecule has 7 heteroatoms. The maximum absolute atomic E-state index is 13.4. The molecule has 0 saturated heterocycles. The number of carbonyl (C=O) groups excluding carboxylic acids is 1. The van der Waals surface area contributed by atoms with E-state index in [0.29, 0.717) is 22.6 Å². The molecule has 0 spiro atoms. The van der Waals surface area contributed by atoms with E-state index in [1.54, 1.807) is 40.8 Å². The Balaban J connectivity index is 1.65. The molecule has 0 aliphatic rings. The topological polar surface area (TPSA) is 55.2 Å². The van der Waals surface area contributed by atoms with E-state index in [2.05, 4.69) is 0 Å². The molecule has 1 heterocycles. The van der Waals surface area contributed by atoms with Gasteiger partial charge in [0.1, 0.15) is 5.82 Å². The number of hydrogen-bond acceptors (Lipinski definition) is 4. The van der Waals surface area contributed by atoms with Gasteiger partial charge in [0.25, 0.3) is 5.56 Å². The van der Waals surface area contributed by atoms with Crippen LogP contribution in [0.1, 0.15) is 16.7 Å². The third-order valence-corrected chi connectivity index (χ3v) is 6.57. The molecule has 4 aromatic rings. The van der Waals surface area contributed by atoms with Gasteiger partial charge < -0.3 is 4.90 Å². The van der Waals surface area contributed by atoms with Crippen LogP contribution in [0.4, 0.5) is 4.39 Å². The minimum atomic E-state index is -0.310. The molecule has 5 nitrogen and oxygen atoms in total. The molecule has 168 valence electrons. The number of benzene rings is 3. The second-order valence-corrected chi connectivity index (χ2v) is 8.88. The van der Waals surface area contributed by atoms with Gasteiger partial charge in [-0.1, -0.05) is 48.2 Å². The molecule has 0 aliphatic carbocycles. The monoisotopic (exact) mass is 461 g/mol. The average Bonchev–Trinajstić information content (AvgIpc) is 2.81. The Labute approximate surface area is 195 Å². The number of amides is 1. The summed E-state index contributed by atoms with van der Waals surface area (Å²) in [6.45, 7) is 4.34. The average molecular weight is 462 g/mol. The largest absolute Gasteiger partial charge is 0.341 e. The molecular weight excluding hydrogens is 437 g/mol. The predicted molar refractivity (Wildman–Crippen MR) is 130 cm³/mol. The smallest absolute Gasteiger partial charge is 0.266 e. The molecule has 0 N–H and O–H groups in total. The van der Waals surface area contributed by atoms with Crippen molar-refractivity contribution in [2.45, 2.75) is 25.5 Å². The predicted octanol–water partition coefficient (Wildman–Crippen LogP) is 4.89. The first kappa shape index (κ1) is 22.7. The Hall–Kier alpha value is -3.45. The first-order valence-corrected chi connectivity index (χ1v) is 11.5. The molecule has 4 rings (SSSR count). The van der Waals surface area contributed by atoms with Crippen LogP contribution in [0.15, 0.2) is 76.7 Å². The van der Waals surface area contributed by atoms with E-state index in [4.69, 9.17) is 4.98 Å². The van der Waals surface area contributed by atoms with E-state index < -0.39 is 0 Å². The van der Waals surface area contributed by atoms with Crippen molar-refractivity contribution in [3.05, 3.63) is 99.6 Å². The summed E-state index contributed by atoms with van der Waals surface area (Å²) in [7, 11) is 1.71. The first-order chi connectivity index (χ1) is 15.8. The third-order valence-electron chi connectivity index (χ3n) is 5.65. The highest BCUT2D eigenvalue weighted by Gasteiger charge is 2.18. The molecular formula is C26H24FN3O2S. The number of para-hydroxylation sites is 1. The minimum Gasteiger partial charge on any atom is -0.341 e. The molecule has 0 atom stereocenters. The minimum absolute atomic E-state index is 0.112. The Morgan fingerprint density at radius 1 is 1.03 bits per heavy atom. The fourth-order valence-corrected chi connectivity index (χ4v) is 4.53. The summed E-state index contributed by atoms with van der Waals surface area (Å²) in [5.41, 5.74) is 4.08. The quantitative estimate of drug-likeness (QED) is 0.303. The van der Waals surface area contributed by atoms with Crippen LogP contribution >= 0.6 is 11.8 Å². The number of fused-ring (bicyclic) bond motifs is 1. The highest BCUT2D eigenvalue weighted by Crippen LogP contribution is 2.25. The number of aryl methyl sites for hydroxylation is 1. The molecule has 0 radical (unpaired) electrons. The third kappa shape index (κ3) is 4.83. The molecule has 0 saturated carbocycles. The maximum atomic E-state index is 13.4. The van der Waals surface area contributed by atoms with Gasteiger partial charge in [-0.2, -0.15) is 0 Å². The van der Waals surface area contributed by atoms with Crippen molar-refractivity contribution < 1.29 is 9.18 Å². The van der Waals surface area contributed by atoms with Gasteiger partial charge in [0.05, 0.1) is 22.3 Å². The van der Waals surface area contributed by atoms with Crippen molar-refractivity contribution in [3.63, 3.8) is 0 Å². The number of rotatable bonds is 6. The fraction of sp³-hybridized carbons (Fsp3) is 0.192. The number of halogens is 1. The number of thioether (sulfide) groups is 1. The van der Waals surface area contributed by atoms with Gasteiger partial charge in [0, 0.05) is 13.6 Å². The highest BCUT2D eigenvalue weighted by molar-refractivity contribution is 7.99. The van der Waals surface area contributed by atoms with Crippen LogP contribution in [0.25, 0.3) is 16.6 Å². The number of aromatic nitrogens is 2. The van der Waals surface area contributed by atoms with Gasteiger partial charge in [-0.15, -0.1) is 0 Å². The van der Waals surface area contributed by atoms with Gasteiger partial charge in [-0.25, -0.2) is 9.37 Å². The van der Waals surface area contributed by atoms with Crippen LogP contribution in [-0.4, -0.2) is 33.2 Å². The fourth-order valence-electron chi connectivity index (χ4n) is 3.59. The van der Waals surface area contributed by atoms with Gasteiger partial charge in [-0.05, 0) is 60.9 Å². The lowest BCUT2D eigenvalue weighted by Crippen LogP contribution is -2.28. The van der Waals surface area contributed by atoms with Crippen molar-refractivity contribution in [1.82, 2.24) is 14.5 Å². The Morgan fingerprint density at radius 3 is 2.52 bits per heavy atom. The van der Waals surface area contributed by atoms with Crippen LogP contribution in [0.5, 0.6) is 0 Å². The second-order valence-electron chi connectivity index (χ2n) is 7.94. The summed E-state index contributed by atoms with van der Waals surface area (Å²) < 4.78 is 14.7. The lowest BCUT2D eigenvalue weighted by Gasteiger charge is -2.19. The van der Waals surface area contributed by atoms with E-state index in [-0.39, 0.29) is 23.0 Å². The van der Waals surface area contributed by atoms with E-state index in [1.165, 1.54) is 23.9 Å². The lowest BCUT2D eigenvalue weighted by molar-refractivity contribution is -0.127. The zero-order valence-electron chi connectivity index (χ0n) is 18.7. The molecule has 0 bridgehead atoms. The van der Waals surface area contributed by atoms with E-state index in [9.17, 15) is 14.0 Å². The van der Waals surface area contributed by atoms with Gasteiger partial charge >= 0.3 is 0 Å². The Bertz CT molecular complexity index is 1380. The van der Waals surface area contributed by atoms with Crippen LogP contribution < -0.4 is 5.56 Å². The number of nitrogens with zero attached hydrogens (tertiary/aromatic N) is 3. The van der Waals surface area contributed by atoms with Gasteiger partial charge in [0.15, 0.2) is 5.16 Å². The zero-order chi connectivity index (χ0) is 23.5. The molecule has 33 heavy (non-hydrogen) atoms. The molecule has 0 unspecified atom stereocenters. The summed E-state index contributed by atoms with van der Waals surface area (Å²) in [5, 5.41) is 0.999. The Morgan fingerprint density at radius 2 is 1.76 bits per heavy atom. The van der Waals surface area contributed by atoms with Crippen LogP contribution in [0, 0.1) is 19.7 Å². The summed E-state index contributed by atoms with van der Waals surface area (Å²) in [6.07, 6.45) is 0. The molecule has 1 aromatic heterocycles. The van der Waals surface area contributed by atoms with Gasteiger partial charge in [-0.3, -0.25) is 14.2 Å². The summed E-state index contributed by atoms with van der Waals surface area (Å²) in [5.74, 6) is -0.304. The zero-order valence-corrected chi connectivity index (χ0v) is 19.5. The molecule has 3 aromatic carbocycles. The second kappa shape index (κ2) is 9.58. The van der Waals surface area contributed by atoms with E-state index >= 15 is 0 Å². The van der Waals surface area contributed by atoms with E-state index in [0.717, 1.165) is 22.4 Å². The molecule has 0 fully saturated rings. The standard InChI is InChI=1S/C26H24FN3O2S/c1-17-7-6-10-23(18(17)2)30-25(32)21-8-4-5-9-22(21)28-26(30)33-16-24(31)29(3)15-19-11-13-20(27)14-12-19/h4-14H,15-16H2,1-3H3. The van der Waals surface area contributed by atoms with Crippen molar-refractivity contribution >= 4 is 28.6 Å². The first-order valence-electron chi connectivity index (χ1n) is 10.5. The normalized spacial score (nSPS) is 11.0. The summed E-state index contributed by atoms with van der Waals surface area (Å²) in [6, 6.07) is 19.1. The maximum Gasteiger partial charge on any atom is 0.266 e.